The summed E-state index contributed by atoms with van der Waals surface area (Å²) in [4.78, 5) is 0. The predicted octanol–water partition coefficient (Wildman–Crippen LogP) is 17.0. The molecule has 2 aliphatic carbocycles. The van der Waals surface area contributed by atoms with Crippen molar-refractivity contribution in [3.05, 3.63) is 224 Å². The van der Waals surface area contributed by atoms with Gasteiger partial charge in [0.1, 0.15) is 0 Å². The molecule has 2 saturated heterocycles. The Morgan fingerprint density at radius 1 is 0.311 bits per heavy atom. The molecule has 0 bridgehead atoms. The van der Waals surface area contributed by atoms with Crippen LogP contribution in [0, 0.1) is 49.4 Å². The summed E-state index contributed by atoms with van der Waals surface area (Å²) < 4.78 is 10.8. The Morgan fingerprint density at radius 3 is 1.09 bits per heavy atom. The van der Waals surface area contributed by atoms with Crippen LogP contribution in [0.4, 0.5) is 0 Å². The molecule has 8 aromatic carbocycles. The highest BCUT2D eigenvalue weighted by Gasteiger charge is 2.26. The first kappa shape index (κ1) is 49.1. The summed E-state index contributed by atoms with van der Waals surface area (Å²) in [5.74, 6) is 4.41. The van der Waals surface area contributed by atoms with Gasteiger partial charge in [0.05, 0.1) is 26.4 Å². The van der Waals surface area contributed by atoms with Crippen LogP contribution in [0.1, 0.15) is 118 Å². The third kappa shape index (κ3) is 12.0. The van der Waals surface area contributed by atoms with E-state index in [-0.39, 0.29) is 0 Å². The lowest BCUT2D eigenvalue weighted by atomic mass is 9.75. The van der Waals surface area contributed by atoms with Crippen LogP contribution >= 0.6 is 0 Å². The molecule has 0 unspecified atom stereocenters. The van der Waals surface area contributed by atoms with E-state index in [4.69, 9.17) is 9.47 Å². The Morgan fingerprint density at radius 2 is 0.676 bits per heavy atom. The van der Waals surface area contributed by atoms with E-state index >= 15 is 0 Å². The summed E-state index contributed by atoms with van der Waals surface area (Å²) in [6.45, 7) is 8.19. The molecule has 0 radical (unpaired) electrons. The summed E-state index contributed by atoms with van der Waals surface area (Å²) >= 11 is 0. The monoisotopic (exact) mass is 975 g/mol. The van der Waals surface area contributed by atoms with Crippen molar-refractivity contribution in [2.75, 3.05) is 26.4 Å². The topological polar surface area (TPSA) is 18.5 Å². The van der Waals surface area contributed by atoms with E-state index in [0.717, 1.165) is 76.3 Å². The zero-order chi connectivity index (χ0) is 49.8. The van der Waals surface area contributed by atoms with Crippen LogP contribution in [-0.2, 0) is 60.8 Å². The second kappa shape index (κ2) is 22.6. The minimum Gasteiger partial charge on any atom is -0.381 e. The third-order valence-electron chi connectivity index (χ3n) is 18.1. The van der Waals surface area contributed by atoms with Crippen molar-refractivity contribution >= 4 is 21.5 Å². The van der Waals surface area contributed by atoms with Crippen molar-refractivity contribution in [2.24, 2.45) is 35.5 Å². The Kier molecular flexibility index (Phi) is 15.0. The van der Waals surface area contributed by atoms with E-state index in [2.05, 4.69) is 172 Å². The van der Waals surface area contributed by atoms with Gasteiger partial charge in [-0.1, -0.05) is 169 Å². The molecule has 12 rings (SSSR count). The van der Waals surface area contributed by atoms with Crippen molar-refractivity contribution in [2.45, 2.75) is 117 Å². The average Bonchev–Trinajstić information content (AvgIpc) is 3.39. The van der Waals surface area contributed by atoms with Crippen LogP contribution in [0.15, 0.2) is 158 Å². The molecule has 4 fully saturated rings. The van der Waals surface area contributed by atoms with Crippen molar-refractivity contribution < 1.29 is 9.47 Å². The van der Waals surface area contributed by atoms with Crippen LogP contribution in [0.25, 0.3) is 32.7 Å². The summed E-state index contributed by atoms with van der Waals surface area (Å²) in [6.07, 6.45) is 19.6. The Labute approximate surface area is 443 Å². The fourth-order valence-corrected chi connectivity index (χ4v) is 13.6. The maximum absolute atomic E-state index is 5.38. The second-order valence-electron chi connectivity index (χ2n) is 24.1. The summed E-state index contributed by atoms with van der Waals surface area (Å²) in [5, 5.41) is 5.59. The van der Waals surface area contributed by atoms with Gasteiger partial charge >= 0.3 is 0 Å². The van der Waals surface area contributed by atoms with Crippen LogP contribution < -0.4 is 0 Å². The van der Waals surface area contributed by atoms with E-state index in [1.807, 2.05) is 0 Å². The van der Waals surface area contributed by atoms with Gasteiger partial charge in [-0.25, -0.2) is 0 Å². The largest absolute Gasteiger partial charge is 0.381 e. The van der Waals surface area contributed by atoms with Crippen molar-refractivity contribution in [1.82, 2.24) is 0 Å². The van der Waals surface area contributed by atoms with Crippen molar-refractivity contribution in [3.8, 4) is 11.1 Å². The maximum Gasteiger partial charge on any atom is 0.0519 e. The predicted molar refractivity (Wildman–Crippen MR) is 309 cm³/mol. The zero-order valence-electron chi connectivity index (χ0n) is 44.4. The fourth-order valence-electron chi connectivity index (χ4n) is 13.6. The van der Waals surface area contributed by atoms with E-state index in [9.17, 15) is 0 Å². The van der Waals surface area contributed by atoms with Crippen LogP contribution in [-0.4, -0.2) is 26.4 Å². The minimum absolute atomic E-state index is 0.705. The van der Waals surface area contributed by atoms with Crippen LogP contribution in [0.3, 0.4) is 0 Å². The molecular weight excluding hydrogens is 897 g/mol. The molecule has 4 aliphatic rings. The molecule has 0 amide bonds. The van der Waals surface area contributed by atoms with Gasteiger partial charge in [0.25, 0.3) is 0 Å². The standard InChI is InChI=1S/C72H78O2/c1-49-4-32-70-66(33-49)29-30-67(42-62-27-25-58(26-28-62)38-54-11-9-53(10-12-54)37-57-17-23-61(24-18-57)41-65-47-74-48-65)72(70)71-44-63(43-68-34-50(2)3-31-69(68)71)39-59-19-13-55(14-20-59)35-51-5-7-52(8-6-51)36-56-15-21-60(22-16-56)40-64-45-73-46-64/h3-12,15-18,21-24,29-34,43-44,55,58-59,62,64-65H,13-14,19-20,25-28,35-42,45-48H2,1-2H3. The normalized spacial score (nSPS) is 20.4. The third-order valence-corrected chi connectivity index (χ3v) is 18.1. The van der Waals surface area contributed by atoms with E-state index < -0.39 is 0 Å². The lowest BCUT2D eigenvalue weighted by molar-refractivity contribution is -0.0312. The molecule has 2 heterocycles. The number of aryl methyl sites for hydroxylation is 2. The van der Waals surface area contributed by atoms with Crippen LogP contribution in [0.5, 0.6) is 0 Å². The molecule has 0 atom stereocenters. The number of ether oxygens (including phenoxy) is 2. The Balaban J connectivity index is 0.686. The van der Waals surface area contributed by atoms with E-state index in [1.54, 1.807) is 5.56 Å². The molecule has 2 heteroatoms. The SMILES string of the molecule is Cc1ccc2c(-c3c(CC4CCC(Cc5ccc(Cc6ccc(CC7COC7)cc6)cc5)CC4)ccc4cc(C)ccc34)cc(CC3CCC(Cc4ccc(Cc5ccc(CC6COC6)cc5)cc4)CC3)cc2c1. The highest BCUT2D eigenvalue weighted by Crippen LogP contribution is 2.43. The number of hydrogen-bond donors (Lipinski definition) is 0. The second-order valence-corrected chi connectivity index (χ2v) is 24.1. The first-order valence-electron chi connectivity index (χ1n) is 28.9. The number of fused-ring (bicyclic) bond motifs is 2. The first-order chi connectivity index (χ1) is 36.3. The van der Waals surface area contributed by atoms with Crippen molar-refractivity contribution in [3.63, 3.8) is 0 Å². The molecule has 0 N–H and O–H groups in total. The summed E-state index contributed by atoms with van der Waals surface area (Å²) in [7, 11) is 0. The van der Waals surface area contributed by atoms with Gasteiger partial charge in [-0.3, -0.25) is 0 Å². The number of benzene rings is 8. The van der Waals surface area contributed by atoms with Gasteiger partial charge in [-0.15, -0.1) is 0 Å². The molecule has 2 nitrogen and oxygen atoms in total. The Bertz CT molecular complexity index is 3140. The Hall–Kier alpha value is -5.80. The van der Waals surface area contributed by atoms with Gasteiger partial charge in [-0.05, 0) is 229 Å². The fraction of sp³-hybridized carbons (Fsp3) is 0.389. The molecule has 2 saturated carbocycles. The van der Waals surface area contributed by atoms with Gasteiger partial charge in [0.2, 0.25) is 0 Å². The van der Waals surface area contributed by atoms with Gasteiger partial charge in [0.15, 0.2) is 0 Å². The number of hydrogen-bond acceptors (Lipinski definition) is 2. The molecular formula is C72H78O2. The summed E-state index contributed by atoms with van der Waals surface area (Å²) in [6, 6.07) is 62.2. The van der Waals surface area contributed by atoms with E-state index in [1.165, 1.54) is 164 Å². The molecule has 74 heavy (non-hydrogen) atoms. The van der Waals surface area contributed by atoms with E-state index in [0.29, 0.717) is 17.8 Å². The lowest BCUT2D eigenvalue weighted by Gasteiger charge is -2.30. The summed E-state index contributed by atoms with van der Waals surface area (Å²) in [5.41, 5.74) is 20.2. The number of rotatable bonds is 17. The highest BCUT2D eigenvalue weighted by atomic mass is 16.5. The molecule has 2 aliphatic heterocycles. The average molecular weight is 975 g/mol. The molecule has 0 aromatic heterocycles. The minimum atomic E-state index is 0.705. The van der Waals surface area contributed by atoms with Crippen molar-refractivity contribution in [1.29, 1.82) is 0 Å². The smallest absolute Gasteiger partial charge is 0.0519 e. The van der Waals surface area contributed by atoms with Crippen LogP contribution in [0.2, 0.25) is 0 Å². The zero-order valence-corrected chi connectivity index (χ0v) is 44.4. The highest BCUT2D eigenvalue weighted by molar-refractivity contribution is 6.07. The lowest BCUT2D eigenvalue weighted by Crippen LogP contribution is -2.29. The molecule has 8 aromatic rings. The van der Waals surface area contributed by atoms with Gasteiger partial charge in [0, 0.05) is 11.8 Å². The molecule has 0 spiro atoms. The van der Waals surface area contributed by atoms with Gasteiger partial charge in [-0.2, -0.15) is 0 Å². The quantitative estimate of drug-likeness (QED) is 0.0905. The maximum atomic E-state index is 5.38. The molecule has 378 valence electrons. The first-order valence-corrected chi connectivity index (χ1v) is 28.9. The van der Waals surface area contributed by atoms with Gasteiger partial charge < -0.3 is 9.47 Å².